The fraction of sp³-hybridized carbons (Fsp3) is 0.545. The van der Waals surface area contributed by atoms with E-state index in [0.29, 0.717) is 0 Å². The van der Waals surface area contributed by atoms with E-state index in [0.717, 1.165) is 29.9 Å². The molecule has 1 fully saturated rings. The molecular formula is C11H16N2. The van der Waals surface area contributed by atoms with Crippen molar-refractivity contribution >= 4 is 0 Å². The SMILES string of the molecule is Cc1cccc(CNC2CC2C)n1. The van der Waals surface area contributed by atoms with E-state index in [-0.39, 0.29) is 0 Å². The maximum atomic E-state index is 4.44. The molecule has 1 saturated carbocycles. The predicted molar refractivity (Wildman–Crippen MR) is 53.4 cm³/mol. The minimum atomic E-state index is 0.738. The first-order valence-electron chi connectivity index (χ1n) is 4.91. The third-order valence-corrected chi connectivity index (χ3v) is 2.60. The Hall–Kier alpha value is -0.890. The van der Waals surface area contributed by atoms with Crippen molar-refractivity contribution in [1.82, 2.24) is 10.3 Å². The maximum Gasteiger partial charge on any atom is 0.0544 e. The van der Waals surface area contributed by atoms with Crippen LogP contribution in [0.2, 0.25) is 0 Å². The molecule has 1 aliphatic carbocycles. The number of hydrogen-bond donors (Lipinski definition) is 1. The van der Waals surface area contributed by atoms with Crippen molar-refractivity contribution in [1.29, 1.82) is 0 Å². The highest BCUT2D eigenvalue weighted by Gasteiger charge is 2.31. The van der Waals surface area contributed by atoms with E-state index in [9.17, 15) is 0 Å². The summed E-state index contributed by atoms with van der Waals surface area (Å²) in [5.74, 6) is 0.866. The molecule has 2 nitrogen and oxygen atoms in total. The van der Waals surface area contributed by atoms with Crippen LogP contribution in [0.3, 0.4) is 0 Å². The van der Waals surface area contributed by atoms with Gasteiger partial charge >= 0.3 is 0 Å². The molecule has 0 radical (unpaired) electrons. The van der Waals surface area contributed by atoms with Crippen molar-refractivity contribution < 1.29 is 0 Å². The number of pyridine rings is 1. The Kier molecular flexibility index (Phi) is 2.32. The van der Waals surface area contributed by atoms with Gasteiger partial charge < -0.3 is 5.32 Å². The Bertz CT molecular complexity index is 296. The highest BCUT2D eigenvalue weighted by Crippen LogP contribution is 2.29. The van der Waals surface area contributed by atoms with Gasteiger partial charge in [0.2, 0.25) is 0 Å². The van der Waals surface area contributed by atoms with Gasteiger partial charge in [-0.2, -0.15) is 0 Å². The van der Waals surface area contributed by atoms with Crippen LogP contribution in [0.25, 0.3) is 0 Å². The molecule has 0 saturated heterocycles. The Balaban J connectivity index is 1.87. The largest absolute Gasteiger partial charge is 0.308 e. The van der Waals surface area contributed by atoms with Crippen LogP contribution in [0.5, 0.6) is 0 Å². The van der Waals surface area contributed by atoms with Gasteiger partial charge in [0.25, 0.3) is 0 Å². The first-order chi connectivity index (χ1) is 6.25. The Morgan fingerprint density at radius 2 is 2.31 bits per heavy atom. The van der Waals surface area contributed by atoms with Crippen LogP contribution < -0.4 is 5.32 Å². The summed E-state index contributed by atoms with van der Waals surface area (Å²) < 4.78 is 0. The van der Waals surface area contributed by atoms with E-state index in [1.807, 2.05) is 13.0 Å². The monoisotopic (exact) mass is 176 g/mol. The number of aromatic nitrogens is 1. The lowest BCUT2D eigenvalue weighted by atomic mass is 10.3. The molecule has 13 heavy (non-hydrogen) atoms. The summed E-state index contributed by atoms with van der Waals surface area (Å²) in [6, 6.07) is 6.91. The molecule has 0 bridgehead atoms. The van der Waals surface area contributed by atoms with Crippen molar-refractivity contribution in [3.8, 4) is 0 Å². The number of hydrogen-bond acceptors (Lipinski definition) is 2. The molecule has 2 rings (SSSR count). The Morgan fingerprint density at radius 1 is 1.54 bits per heavy atom. The van der Waals surface area contributed by atoms with Gasteiger partial charge in [0.1, 0.15) is 0 Å². The zero-order chi connectivity index (χ0) is 9.26. The topological polar surface area (TPSA) is 24.9 Å². The van der Waals surface area contributed by atoms with Crippen molar-refractivity contribution in [2.24, 2.45) is 5.92 Å². The quantitative estimate of drug-likeness (QED) is 0.760. The van der Waals surface area contributed by atoms with Gasteiger partial charge in [-0.15, -0.1) is 0 Å². The molecule has 2 unspecified atom stereocenters. The Morgan fingerprint density at radius 3 is 2.92 bits per heavy atom. The second-order valence-corrected chi connectivity index (χ2v) is 3.97. The van der Waals surface area contributed by atoms with Crippen LogP contribution in [-0.4, -0.2) is 11.0 Å². The molecule has 1 aromatic rings. The third-order valence-electron chi connectivity index (χ3n) is 2.60. The summed E-state index contributed by atoms with van der Waals surface area (Å²) >= 11 is 0. The van der Waals surface area contributed by atoms with Crippen LogP contribution in [0.1, 0.15) is 24.7 Å². The average Bonchev–Trinajstić information content (AvgIpc) is 2.79. The van der Waals surface area contributed by atoms with Gasteiger partial charge in [0.15, 0.2) is 0 Å². The lowest BCUT2D eigenvalue weighted by molar-refractivity contribution is 0.641. The van der Waals surface area contributed by atoms with Gasteiger partial charge in [-0.05, 0) is 31.4 Å². The summed E-state index contributed by atoms with van der Waals surface area (Å²) in [7, 11) is 0. The second kappa shape index (κ2) is 3.46. The average molecular weight is 176 g/mol. The molecule has 0 aromatic carbocycles. The molecule has 70 valence electrons. The van der Waals surface area contributed by atoms with Gasteiger partial charge in [-0.1, -0.05) is 13.0 Å². The zero-order valence-electron chi connectivity index (χ0n) is 8.25. The summed E-state index contributed by atoms with van der Waals surface area (Å²) in [6.45, 7) is 5.22. The summed E-state index contributed by atoms with van der Waals surface area (Å²) in [5, 5.41) is 3.49. The molecular weight excluding hydrogens is 160 g/mol. The predicted octanol–water partition coefficient (Wildman–Crippen LogP) is 1.89. The third kappa shape index (κ3) is 2.28. The maximum absolute atomic E-state index is 4.44. The van der Waals surface area contributed by atoms with E-state index < -0.39 is 0 Å². The minimum absolute atomic E-state index is 0.738. The zero-order valence-corrected chi connectivity index (χ0v) is 8.25. The highest BCUT2D eigenvalue weighted by molar-refractivity contribution is 5.10. The summed E-state index contributed by atoms with van der Waals surface area (Å²) in [4.78, 5) is 4.44. The van der Waals surface area contributed by atoms with Crippen LogP contribution >= 0.6 is 0 Å². The molecule has 0 amide bonds. The van der Waals surface area contributed by atoms with Gasteiger partial charge in [0.05, 0.1) is 5.69 Å². The Labute approximate surface area is 79.4 Å². The molecule has 2 atom stereocenters. The molecule has 2 heteroatoms. The van der Waals surface area contributed by atoms with Gasteiger partial charge in [-0.3, -0.25) is 4.98 Å². The second-order valence-electron chi connectivity index (χ2n) is 3.97. The highest BCUT2D eigenvalue weighted by atomic mass is 15.0. The fourth-order valence-electron chi connectivity index (χ4n) is 1.54. The van der Waals surface area contributed by atoms with Crippen molar-refractivity contribution in [3.05, 3.63) is 29.6 Å². The van der Waals surface area contributed by atoms with Crippen molar-refractivity contribution in [2.75, 3.05) is 0 Å². The molecule has 0 aliphatic heterocycles. The molecule has 1 N–H and O–H groups in total. The lowest BCUT2D eigenvalue weighted by Crippen LogP contribution is -2.17. The van der Waals surface area contributed by atoms with Crippen LogP contribution in [-0.2, 0) is 6.54 Å². The van der Waals surface area contributed by atoms with Crippen LogP contribution in [0.4, 0.5) is 0 Å². The molecule has 1 aromatic heterocycles. The first-order valence-corrected chi connectivity index (χ1v) is 4.91. The number of aryl methyl sites for hydroxylation is 1. The van der Waals surface area contributed by atoms with Gasteiger partial charge in [-0.25, -0.2) is 0 Å². The fourth-order valence-corrected chi connectivity index (χ4v) is 1.54. The van der Waals surface area contributed by atoms with Gasteiger partial charge in [0, 0.05) is 18.3 Å². The molecule has 0 spiro atoms. The lowest BCUT2D eigenvalue weighted by Gasteiger charge is -2.03. The number of nitrogens with zero attached hydrogens (tertiary/aromatic N) is 1. The van der Waals surface area contributed by atoms with E-state index >= 15 is 0 Å². The van der Waals surface area contributed by atoms with E-state index in [1.54, 1.807) is 0 Å². The van der Waals surface area contributed by atoms with Crippen LogP contribution in [0.15, 0.2) is 18.2 Å². The summed E-state index contributed by atoms with van der Waals surface area (Å²) in [5.41, 5.74) is 2.25. The minimum Gasteiger partial charge on any atom is -0.308 e. The molecule has 1 aliphatic rings. The number of nitrogens with one attached hydrogen (secondary N) is 1. The normalized spacial score (nSPS) is 26.0. The van der Waals surface area contributed by atoms with E-state index in [4.69, 9.17) is 0 Å². The molecule has 1 heterocycles. The van der Waals surface area contributed by atoms with Crippen molar-refractivity contribution in [3.63, 3.8) is 0 Å². The standard InChI is InChI=1S/C11H16N2/c1-8-6-11(8)12-7-10-5-3-4-9(2)13-10/h3-5,8,11-12H,6-7H2,1-2H3. The van der Waals surface area contributed by atoms with E-state index in [1.165, 1.54) is 6.42 Å². The van der Waals surface area contributed by atoms with E-state index in [2.05, 4.69) is 29.4 Å². The summed E-state index contributed by atoms with van der Waals surface area (Å²) in [6.07, 6.45) is 1.33. The van der Waals surface area contributed by atoms with Crippen molar-refractivity contribution in [2.45, 2.75) is 32.9 Å². The number of rotatable bonds is 3. The smallest absolute Gasteiger partial charge is 0.0544 e. The van der Waals surface area contributed by atoms with Crippen LogP contribution in [0, 0.1) is 12.8 Å². The first kappa shape index (κ1) is 8.70.